The molecule has 3 N–H and O–H groups in total. The summed E-state index contributed by atoms with van der Waals surface area (Å²) in [5.41, 5.74) is 2.29. The maximum absolute atomic E-state index is 13.6. The number of halogens is 1. The Hall–Kier alpha value is -3.27. The summed E-state index contributed by atoms with van der Waals surface area (Å²) in [7, 11) is -2.93. The normalized spacial score (nSPS) is 29.4. The Bertz CT molecular complexity index is 1480. The Morgan fingerprint density at radius 2 is 2.00 bits per heavy atom. The van der Waals surface area contributed by atoms with Crippen LogP contribution in [0.4, 0.5) is 0 Å². The summed E-state index contributed by atoms with van der Waals surface area (Å²) in [6, 6.07) is 8.61. The second kappa shape index (κ2) is 8.69. The Balaban J connectivity index is 1.73. The number of hydrogen-bond acceptors (Lipinski definition) is 8. The van der Waals surface area contributed by atoms with E-state index in [1.165, 1.54) is 31.4 Å². The molecule has 1 amide bonds. The van der Waals surface area contributed by atoms with Crippen molar-refractivity contribution in [1.29, 1.82) is 5.26 Å². The van der Waals surface area contributed by atoms with Gasteiger partial charge in [0, 0.05) is 19.1 Å². The zero-order chi connectivity index (χ0) is 26.6. The van der Waals surface area contributed by atoms with E-state index in [9.17, 15) is 33.2 Å². The van der Waals surface area contributed by atoms with E-state index in [4.69, 9.17) is 22.1 Å². The second-order valence-corrected chi connectivity index (χ2v) is 11.8. The van der Waals surface area contributed by atoms with Gasteiger partial charge >= 0.3 is 5.97 Å². The molecule has 5 atom stereocenters. The number of amides is 1. The maximum Gasteiger partial charge on any atom is 0.312 e. The summed E-state index contributed by atoms with van der Waals surface area (Å²) in [4.78, 5) is 36.5. The average Bonchev–Trinajstić information content (AvgIpc) is 3.45. The van der Waals surface area contributed by atoms with Crippen LogP contribution in [0.25, 0.3) is 5.69 Å². The lowest BCUT2D eigenvalue weighted by atomic mass is 9.75. The quantitative estimate of drug-likeness (QED) is 0.527. The average molecular weight is 535 g/mol. The van der Waals surface area contributed by atoms with Crippen LogP contribution < -0.4 is 11.3 Å². The molecule has 13 heteroatoms. The number of primary amides is 1. The molecule has 0 spiro atoms. The van der Waals surface area contributed by atoms with Crippen LogP contribution in [0.15, 0.2) is 40.0 Å². The SMILES string of the molecule is CO[C@@H]1C[C@H](S(=O)(=O)c2ccc(-n3nc(C)ccc3=O)cc2Cl)C[C@@]1(C(=O)O)C1CC1(C#N)C(N)=O. The molecule has 2 aliphatic carbocycles. The molecule has 36 heavy (non-hydrogen) atoms. The van der Waals surface area contributed by atoms with Gasteiger partial charge in [-0.3, -0.25) is 14.4 Å². The largest absolute Gasteiger partial charge is 0.481 e. The summed E-state index contributed by atoms with van der Waals surface area (Å²) in [5, 5.41) is 22.5. The molecule has 2 saturated carbocycles. The number of aliphatic carboxylic acids is 1. The molecule has 0 bridgehead atoms. The standard InChI is InChI=1S/C23H23ClN4O7S/c1-12-3-6-19(29)28(27-12)13-4-5-16(15(24)7-13)36(33,34)14-8-18(35-2)23(9-14,21(31)32)17-10-22(17,11-25)20(26)30/h3-7,14,17-18H,8-10H2,1-2H3,(H2,26,30)(H,31,32)/t14-,17?,18+,22?,23+/m0/s1. The first-order valence-electron chi connectivity index (χ1n) is 10.9. The van der Waals surface area contributed by atoms with Gasteiger partial charge in [0.15, 0.2) is 9.84 Å². The third-order valence-corrected chi connectivity index (χ3v) is 9.99. The van der Waals surface area contributed by atoms with Gasteiger partial charge in [0.1, 0.15) is 10.8 Å². The number of carbonyl (C=O) groups excluding carboxylic acids is 1. The molecule has 0 saturated heterocycles. The molecule has 0 aliphatic heterocycles. The minimum atomic E-state index is -4.19. The lowest BCUT2D eigenvalue weighted by Crippen LogP contribution is -2.44. The van der Waals surface area contributed by atoms with Crippen molar-refractivity contribution in [1.82, 2.24) is 9.78 Å². The molecule has 1 heterocycles. The number of rotatable bonds is 7. The van der Waals surface area contributed by atoms with Crippen molar-refractivity contribution < 1.29 is 27.9 Å². The number of aryl methyl sites for hydroxylation is 1. The van der Waals surface area contributed by atoms with Gasteiger partial charge in [0.25, 0.3) is 5.56 Å². The molecule has 4 rings (SSSR count). The Morgan fingerprint density at radius 1 is 1.31 bits per heavy atom. The van der Waals surface area contributed by atoms with Gasteiger partial charge in [-0.25, -0.2) is 8.42 Å². The highest BCUT2D eigenvalue weighted by Gasteiger charge is 2.75. The number of aromatic nitrogens is 2. The lowest BCUT2D eigenvalue weighted by Gasteiger charge is -2.31. The van der Waals surface area contributed by atoms with E-state index < -0.39 is 55.4 Å². The van der Waals surface area contributed by atoms with Gasteiger partial charge in [-0.05, 0) is 50.5 Å². The first-order valence-corrected chi connectivity index (χ1v) is 12.9. The third kappa shape index (κ3) is 3.70. The van der Waals surface area contributed by atoms with Crippen LogP contribution in [-0.2, 0) is 24.2 Å². The van der Waals surface area contributed by atoms with Gasteiger partial charge in [-0.15, -0.1) is 0 Å². The highest BCUT2D eigenvalue weighted by Crippen LogP contribution is 2.66. The Labute approximate surface area is 211 Å². The topological polar surface area (TPSA) is 182 Å². The summed E-state index contributed by atoms with van der Waals surface area (Å²) in [6.45, 7) is 1.69. The number of nitrogens with zero attached hydrogens (tertiary/aromatic N) is 3. The fourth-order valence-electron chi connectivity index (χ4n) is 5.38. The highest BCUT2D eigenvalue weighted by atomic mass is 35.5. The summed E-state index contributed by atoms with van der Waals surface area (Å²) >= 11 is 6.35. The van der Waals surface area contributed by atoms with Crippen molar-refractivity contribution in [3.8, 4) is 11.8 Å². The third-order valence-electron chi connectivity index (χ3n) is 7.36. The zero-order valence-electron chi connectivity index (χ0n) is 19.3. The van der Waals surface area contributed by atoms with Gasteiger partial charge in [0.2, 0.25) is 5.91 Å². The number of benzene rings is 1. The second-order valence-electron chi connectivity index (χ2n) is 9.22. The van der Waals surface area contributed by atoms with E-state index in [1.807, 2.05) is 6.07 Å². The van der Waals surface area contributed by atoms with Crippen molar-refractivity contribution in [2.75, 3.05) is 7.11 Å². The first-order chi connectivity index (χ1) is 16.8. The molecule has 11 nitrogen and oxygen atoms in total. The molecular formula is C23H23ClN4O7S. The van der Waals surface area contributed by atoms with Crippen LogP contribution in [0.2, 0.25) is 5.02 Å². The summed E-state index contributed by atoms with van der Waals surface area (Å²) in [6.07, 6.45) is -1.74. The van der Waals surface area contributed by atoms with E-state index in [0.717, 1.165) is 4.68 Å². The minimum absolute atomic E-state index is 0.0918. The minimum Gasteiger partial charge on any atom is -0.481 e. The number of methoxy groups -OCH3 is 1. The number of carboxylic acid groups (broad SMARTS) is 1. The molecule has 190 valence electrons. The summed E-state index contributed by atoms with van der Waals surface area (Å²) in [5.74, 6) is -3.30. The predicted molar refractivity (Wildman–Crippen MR) is 126 cm³/mol. The fraction of sp³-hybridized carbons (Fsp3) is 0.435. The van der Waals surface area contributed by atoms with E-state index >= 15 is 0 Å². The Kier molecular flexibility index (Phi) is 6.23. The monoisotopic (exact) mass is 534 g/mol. The van der Waals surface area contributed by atoms with Crippen LogP contribution in [-0.4, -0.2) is 53.6 Å². The molecule has 2 aromatic rings. The molecule has 1 aromatic heterocycles. The van der Waals surface area contributed by atoms with Crippen LogP contribution in [0.3, 0.4) is 0 Å². The van der Waals surface area contributed by atoms with Gasteiger partial charge < -0.3 is 15.6 Å². The zero-order valence-corrected chi connectivity index (χ0v) is 20.9. The van der Waals surface area contributed by atoms with Crippen molar-refractivity contribution >= 4 is 33.3 Å². The molecule has 0 radical (unpaired) electrons. The van der Waals surface area contributed by atoms with Crippen LogP contribution in [0.1, 0.15) is 25.0 Å². The molecule has 2 fully saturated rings. The molecule has 2 aliphatic rings. The number of sulfone groups is 1. The van der Waals surface area contributed by atoms with Crippen LogP contribution in [0.5, 0.6) is 0 Å². The van der Waals surface area contributed by atoms with Gasteiger partial charge in [-0.1, -0.05) is 11.6 Å². The number of nitriles is 1. The van der Waals surface area contributed by atoms with Crippen molar-refractivity contribution in [2.24, 2.45) is 22.5 Å². The number of hydrogen-bond donors (Lipinski definition) is 2. The smallest absolute Gasteiger partial charge is 0.312 e. The van der Waals surface area contributed by atoms with E-state index in [0.29, 0.717) is 5.69 Å². The predicted octanol–water partition coefficient (Wildman–Crippen LogP) is 1.23. The number of ether oxygens (including phenoxy) is 1. The Morgan fingerprint density at radius 3 is 2.53 bits per heavy atom. The van der Waals surface area contributed by atoms with Crippen molar-refractivity contribution in [3.05, 3.63) is 51.4 Å². The van der Waals surface area contributed by atoms with E-state index in [2.05, 4.69) is 5.10 Å². The summed E-state index contributed by atoms with van der Waals surface area (Å²) < 4.78 is 33.8. The molecule has 2 unspecified atom stereocenters. The lowest BCUT2D eigenvalue weighted by molar-refractivity contribution is -0.159. The highest BCUT2D eigenvalue weighted by molar-refractivity contribution is 7.92. The van der Waals surface area contributed by atoms with E-state index in [1.54, 1.807) is 13.0 Å². The maximum atomic E-state index is 13.6. The first kappa shape index (κ1) is 25.8. The van der Waals surface area contributed by atoms with E-state index in [-0.39, 0.29) is 34.9 Å². The number of carbonyl (C=O) groups is 2. The fourth-order valence-corrected chi connectivity index (χ4v) is 7.75. The van der Waals surface area contributed by atoms with Crippen LogP contribution >= 0.6 is 11.6 Å². The van der Waals surface area contributed by atoms with Crippen molar-refractivity contribution in [2.45, 2.75) is 42.4 Å². The number of nitrogens with two attached hydrogens (primary N) is 1. The molecular weight excluding hydrogens is 512 g/mol. The van der Waals surface area contributed by atoms with Crippen molar-refractivity contribution in [3.63, 3.8) is 0 Å². The number of carboxylic acids is 1. The molecule has 1 aromatic carbocycles. The van der Waals surface area contributed by atoms with Gasteiger partial charge in [-0.2, -0.15) is 15.0 Å². The van der Waals surface area contributed by atoms with Gasteiger partial charge in [0.05, 0.1) is 38.7 Å². The van der Waals surface area contributed by atoms with Crippen LogP contribution in [0, 0.1) is 35.0 Å².